The number of hydrogen-bond acceptors (Lipinski definition) is 2. The lowest BCUT2D eigenvalue weighted by Crippen LogP contribution is -2.36. The van der Waals surface area contributed by atoms with Gasteiger partial charge in [0.2, 0.25) is 0 Å². The largest absolute Gasteiger partial charge is 0.391 e. The molecule has 0 amide bonds. The van der Waals surface area contributed by atoms with E-state index in [0.29, 0.717) is 0 Å². The van der Waals surface area contributed by atoms with Crippen LogP contribution >= 0.6 is 0 Å². The number of aliphatic hydroxyl groups excluding tert-OH is 1. The number of nitrogens with one attached hydrogen (secondary N) is 1. The van der Waals surface area contributed by atoms with Crippen LogP contribution in [0.4, 0.5) is 5.69 Å². The molecule has 16 heavy (non-hydrogen) atoms. The van der Waals surface area contributed by atoms with Crippen LogP contribution in [0.5, 0.6) is 0 Å². The first-order chi connectivity index (χ1) is 7.65. The summed E-state index contributed by atoms with van der Waals surface area (Å²) in [5, 5.41) is 13.4. The zero-order valence-electron chi connectivity index (χ0n) is 10.2. The maximum Gasteiger partial charge on any atom is 0.0741 e. The van der Waals surface area contributed by atoms with Crippen molar-refractivity contribution in [2.24, 2.45) is 0 Å². The Morgan fingerprint density at radius 2 is 1.69 bits per heavy atom. The average Bonchev–Trinajstić information content (AvgIpc) is 2.20. The molecule has 1 aliphatic carbocycles. The lowest BCUT2D eigenvalue weighted by atomic mass is 9.92. The molecule has 2 unspecified atom stereocenters. The van der Waals surface area contributed by atoms with E-state index in [1.165, 1.54) is 17.5 Å². The van der Waals surface area contributed by atoms with Gasteiger partial charge in [0.1, 0.15) is 0 Å². The first-order valence-corrected chi connectivity index (χ1v) is 6.18. The molecule has 1 aromatic rings. The van der Waals surface area contributed by atoms with Crippen molar-refractivity contribution < 1.29 is 5.11 Å². The minimum Gasteiger partial charge on any atom is -0.391 e. The maximum atomic E-state index is 9.91. The number of hydrogen-bond donors (Lipinski definition) is 2. The summed E-state index contributed by atoms with van der Waals surface area (Å²) >= 11 is 0. The molecule has 2 atom stereocenters. The van der Waals surface area contributed by atoms with Gasteiger partial charge in [0.15, 0.2) is 0 Å². The maximum absolute atomic E-state index is 9.91. The van der Waals surface area contributed by atoms with E-state index in [1.807, 2.05) is 0 Å². The van der Waals surface area contributed by atoms with Gasteiger partial charge >= 0.3 is 0 Å². The molecular formula is C14H21NO. The normalized spacial score (nSPS) is 25.4. The van der Waals surface area contributed by atoms with Gasteiger partial charge in [-0.1, -0.05) is 18.9 Å². The molecule has 2 heteroatoms. The van der Waals surface area contributed by atoms with E-state index in [4.69, 9.17) is 0 Å². The van der Waals surface area contributed by atoms with Crippen molar-refractivity contribution in [3.05, 3.63) is 29.3 Å². The topological polar surface area (TPSA) is 32.3 Å². The van der Waals surface area contributed by atoms with Gasteiger partial charge < -0.3 is 10.4 Å². The first-order valence-electron chi connectivity index (χ1n) is 6.18. The summed E-state index contributed by atoms with van der Waals surface area (Å²) < 4.78 is 0. The van der Waals surface area contributed by atoms with Crippen LogP contribution in [0.1, 0.15) is 36.8 Å². The van der Waals surface area contributed by atoms with Crippen LogP contribution in [-0.4, -0.2) is 17.3 Å². The quantitative estimate of drug-likeness (QED) is 0.801. The summed E-state index contributed by atoms with van der Waals surface area (Å²) in [5.41, 5.74) is 3.68. The van der Waals surface area contributed by atoms with Crippen molar-refractivity contribution in [2.45, 2.75) is 51.7 Å². The predicted molar refractivity (Wildman–Crippen MR) is 67.8 cm³/mol. The van der Waals surface area contributed by atoms with Gasteiger partial charge in [-0.3, -0.25) is 0 Å². The molecule has 1 aromatic carbocycles. The highest BCUT2D eigenvalue weighted by Crippen LogP contribution is 2.23. The van der Waals surface area contributed by atoms with E-state index >= 15 is 0 Å². The fourth-order valence-corrected chi connectivity index (χ4v) is 2.55. The molecule has 0 heterocycles. The van der Waals surface area contributed by atoms with Crippen molar-refractivity contribution in [3.63, 3.8) is 0 Å². The Morgan fingerprint density at radius 3 is 2.31 bits per heavy atom. The van der Waals surface area contributed by atoms with Crippen molar-refractivity contribution in [3.8, 4) is 0 Å². The van der Waals surface area contributed by atoms with Gasteiger partial charge in [-0.25, -0.2) is 0 Å². The molecule has 0 aromatic heterocycles. The monoisotopic (exact) mass is 219 g/mol. The highest BCUT2D eigenvalue weighted by atomic mass is 16.3. The van der Waals surface area contributed by atoms with Gasteiger partial charge in [-0.2, -0.15) is 0 Å². The SMILES string of the molecule is Cc1cc(C)cc(NC2CCCCC2O)c1. The van der Waals surface area contributed by atoms with Crippen molar-refractivity contribution in [1.82, 2.24) is 0 Å². The number of rotatable bonds is 2. The van der Waals surface area contributed by atoms with Crippen LogP contribution in [0.15, 0.2) is 18.2 Å². The number of anilines is 1. The van der Waals surface area contributed by atoms with Gasteiger partial charge in [0, 0.05) is 5.69 Å². The summed E-state index contributed by atoms with van der Waals surface area (Å²) in [5.74, 6) is 0. The first kappa shape index (κ1) is 11.5. The van der Waals surface area contributed by atoms with Crippen LogP contribution in [0.25, 0.3) is 0 Å². The molecule has 2 nitrogen and oxygen atoms in total. The molecule has 2 rings (SSSR count). The van der Waals surface area contributed by atoms with Crippen LogP contribution in [0.2, 0.25) is 0 Å². The lowest BCUT2D eigenvalue weighted by Gasteiger charge is -2.29. The minimum atomic E-state index is -0.186. The van der Waals surface area contributed by atoms with E-state index in [9.17, 15) is 5.11 Å². The van der Waals surface area contributed by atoms with E-state index in [0.717, 1.165) is 24.9 Å². The Morgan fingerprint density at radius 1 is 1.06 bits per heavy atom. The third-order valence-electron chi connectivity index (χ3n) is 3.30. The molecule has 0 aliphatic heterocycles. The van der Waals surface area contributed by atoms with Crippen molar-refractivity contribution >= 4 is 5.69 Å². The standard InChI is InChI=1S/C14H21NO/c1-10-7-11(2)9-12(8-10)15-13-5-3-4-6-14(13)16/h7-9,13-16H,3-6H2,1-2H3. The van der Waals surface area contributed by atoms with Gasteiger partial charge in [-0.15, -0.1) is 0 Å². The zero-order chi connectivity index (χ0) is 11.5. The molecule has 0 saturated heterocycles. The second-order valence-corrected chi connectivity index (χ2v) is 4.98. The van der Waals surface area contributed by atoms with Crippen LogP contribution in [0.3, 0.4) is 0 Å². The molecule has 2 N–H and O–H groups in total. The molecule has 88 valence electrons. The minimum absolute atomic E-state index is 0.186. The Hall–Kier alpha value is -1.02. The second kappa shape index (κ2) is 4.88. The molecule has 1 saturated carbocycles. The zero-order valence-corrected chi connectivity index (χ0v) is 10.2. The smallest absolute Gasteiger partial charge is 0.0741 e. The number of aliphatic hydroxyl groups is 1. The molecule has 1 fully saturated rings. The van der Waals surface area contributed by atoms with Crippen molar-refractivity contribution in [1.29, 1.82) is 0 Å². The van der Waals surface area contributed by atoms with Gasteiger partial charge in [0.05, 0.1) is 12.1 Å². The Balaban J connectivity index is 2.07. The highest BCUT2D eigenvalue weighted by Gasteiger charge is 2.22. The molecular weight excluding hydrogens is 198 g/mol. The predicted octanol–water partition coefficient (Wildman–Crippen LogP) is 3.02. The fourth-order valence-electron chi connectivity index (χ4n) is 2.55. The summed E-state index contributed by atoms with van der Waals surface area (Å²) in [7, 11) is 0. The summed E-state index contributed by atoms with van der Waals surface area (Å²) in [6.07, 6.45) is 4.21. The third kappa shape index (κ3) is 2.76. The van der Waals surface area contributed by atoms with Crippen molar-refractivity contribution in [2.75, 3.05) is 5.32 Å². The average molecular weight is 219 g/mol. The van der Waals surface area contributed by atoms with Gasteiger partial charge in [0.25, 0.3) is 0 Å². The van der Waals surface area contributed by atoms with E-state index in [-0.39, 0.29) is 12.1 Å². The highest BCUT2D eigenvalue weighted by molar-refractivity contribution is 5.49. The van der Waals surface area contributed by atoms with Gasteiger partial charge in [-0.05, 0) is 49.9 Å². The second-order valence-electron chi connectivity index (χ2n) is 4.98. The van der Waals surface area contributed by atoms with Crippen LogP contribution < -0.4 is 5.32 Å². The van der Waals surface area contributed by atoms with E-state index in [1.54, 1.807) is 0 Å². The van der Waals surface area contributed by atoms with E-state index < -0.39 is 0 Å². The summed E-state index contributed by atoms with van der Waals surface area (Å²) in [4.78, 5) is 0. The Kier molecular flexibility index (Phi) is 3.49. The molecule has 1 aliphatic rings. The number of benzene rings is 1. The Labute approximate surface area is 97.7 Å². The lowest BCUT2D eigenvalue weighted by molar-refractivity contribution is 0.116. The third-order valence-corrected chi connectivity index (χ3v) is 3.30. The molecule has 0 radical (unpaired) electrons. The van der Waals surface area contributed by atoms with E-state index in [2.05, 4.69) is 37.4 Å². The molecule has 0 bridgehead atoms. The number of aryl methyl sites for hydroxylation is 2. The van der Waals surface area contributed by atoms with Crippen LogP contribution in [0, 0.1) is 13.8 Å². The fraction of sp³-hybridized carbons (Fsp3) is 0.571. The molecule has 0 spiro atoms. The van der Waals surface area contributed by atoms with Crippen LogP contribution in [-0.2, 0) is 0 Å². The summed E-state index contributed by atoms with van der Waals surface area (Å²) in [6, 6.07) is 6.69. The Bertz CT molecular complexity index is 342. The summed E-state index contributed by atoms with van der Waals surface area (Å²) in [6.45, 7) is 4.21.